The van der Waals surface area contributed by atoms with E-state index >= 15 is 0 Å². The molecule has 0 aliphatic carbocycles. The van der Waals surface area contributed by atoms with Crippen molar-refractivity contribution in [1.29, 1.82) is 0 Å². The zero-order valence-electron chi connectivity index (χ0n) is 12.4. The molecule has 0 spiro atoms. The van der Waals surface area contributed by atoms with Crippen LogP contribution in [-0.2, 0) is 18.0 Å². The number of nitrogens with zero attached hydrogens (tertiary/aromatic N) is 2. The number of hydrogen-bond acceptors (Lipinski definition) is 6. The van der Waals surface area contributed by atoms with E-state index in [9.17, 15) is 0 Å². The molecular weight excluding hydrogens is 320 g/mol. The van der Waals surface area contributed by atoms with E-state index in [1.807, 2.05) is 12.1 Å². The summed E-state index contributed by atoms with van der Waals surface area (Å²) >= 11 is 7.59. The van der Waals surface area contributed by atoms with Crippen LogP contribution in [0.1, 0.15) is 25.1 Å². The van der Waals surface area contributed by atoms with Crippen molar-refractivity contribution in [2.45, 2.75) is 38.0 Å². The van der Waals surface area contributed by atoms with E-state index < -0.39 is 0 Å². The smallest absolute Gasteiger partial charge is 0.224 e. The molecule has 0 fully saturated rings. The van der Waals surface area contributed by atoms with Crippen molar-refractivity contribution in [3.63, 3.8) is 0 Å². The molecular formula is C15H17ClN4OS. The number of aromatic nitrogens is 2. The van der Waals surface area contributed by atoms with Gasteiger partial charge in [0.2, 0.25) is 5.28 Å². The second kappa shape index (κ2) is 6.83. The number of anilines is 2. The zero-order chi connectivity index (χ0) is 15.5. The molecule has 3 rings (SSSR count). The maximum atomic E-state index is 5.98. The van der Waals surface area contributed by atoms with E-state index in [4.69, 9.17) is 16.3 Å². The molecule has 7 heteroatoms. The Morgan fingerprint density at radius 3 is 2.95 bits per heavy atom. The highest BCUT2D eigenvalue weighted by Gasteiger charge is 2.19. The van der Waals surface area contributed by atoms with Crippen molar-refractivity contribution in [2.24, 2.45) is 0 Å². The molecule has 1 aromatic heterocycles. The second-order valence-electron chi connectivity index (χ2n) is 5.29. The Bertz CT molecular complexity index is 681. The molecule has 2 heterocycles. The lowest BCUT2D eigenvalue weighted by molar-refractivity contribution is 0.133. The summed E-state index contributed by atoms with van der Waals surface area (Å²) in [6.07, 6.45) is 0. The summed E-state index contributed by atoms with van der Waals surface area (Å²) in [6.45, 7) is 5.22. The van der Waals surface area contributed by atoms with Crippen LogP contribution in [0.25, 0.3) is 0 Å². The average molecular weight is 337 g/mol. The van der Waals surface area contributed by atoms with Crippen molar-refractivity contribution in [2.75, 3.05) is 5.32 Å². The van der Waals surface area contributed by atoms with Crippen LogP contribution in [0.5, 0.6) is 0 Å². The third-order valence-electron chi connectivity index (χ3n) is 3.06. The molecule has 0 radical (unpaired) electrons. The van der Waals surface area contributed by atoms with Gasteiger partial charge in [-0.1, -0.05) is 6.07 Å². The molecule has 22 heavy (non-hydrogen) atoms. The van der Waals surface area contributed by atoms with Gasteiger partial charge >= 0.3 is 0 Å². The Hall–Kier alpha value is -1.34. The molecule has 2 aromatic rings. The summed E-state index contributed by atoms with van der Waals surface area (Å²) in [5, 5.41) is 3.55. The minimum absolute atomic E-state index is 0.235. The quantitative estimate of drug-likeness (QED) is 0.637. The lowest BCUT2D eigenvalue weighted by Gasteiger charge is -2.11. The molecule has 0 unspecified atom stereocenters. The van der Waals surface area contributed by atoms with Gasteiger partial charge in [0.1, 0.15) is 5.82 Å². The maximum absolute atomic E-state index is 5.98. The number of fused-ring (bicyclic) bond motifs is 1. The van der Waals surface area contributed by atoms with E-state index in [2.05, 4.69) is 46.0 Å². The highest BCUT2D eigenvalue weighted by molar-refractivity contribution is 7.97. The zero-order valence-corrected chi connectivity index (χ0v) is 14.0. The third kappa shape index (κ3) is 3.70. The van der Waals surface area contributed by atoms with Crippen LogP contribution in [0.4, 0.5) is 11.5 Å². The van der Waals surface area contributed by atoms with Crippen LogP contribution < -0.4 is 10.0 Å². The number of nitrogens with one attached hydrogen (secondary N) is 2. The van der Waals surface area contributed by atoms with Crippen LogP contribution in [0.3, 0.4) is 0 Å². The van der Waals surface area contributed by atoms with E-state index in [-0.39, 0.29) is 5.28 Å². The van der Waals surface area contributed by atoms with Crippen LogP contribution in [-0.4, -0.2) is 16.0 Å². The molecule has 1 aliphatic rings. The molecule has 0 atom stereocenters. The first-order valence-corrected chi connectivity index (χ1v) is 8.24. The molecule has 2 N–H and O–H groups in total. The van der Waals surface area contributed by atoms with Crippen LogP contribution in [0.2, 0.25) is 5.28 Å². The average Bonchev–Trinajstić information content (AvgIpc) is 2.94. The van der Waals surface area contributed by atoms with Crippen LogP contribution in [0, 0.1) is 0 Å². The third-order valence-corrected chi connectivity index (χ3v) is 4.31. The highest BCUT2D eigenvalue weighted by Crippen LogP contribution is 2.29. The predicted molar refractivity (Wildman–Crippen MR) is 89.4 cm³/mol. The van der Waals surface area contributed by atoms with Crippen molar-refractivity contribution >= 4 is 35.1 Å². The molecule has 0 bridgehead atoms. The fourth-order valence-corrected chi connectivity index (χ4v) is 2.98. The minimum atomic E-state index is 0.235. The molecule has 116 valence electrons. The van der Waals surface area contributed by atoms with Gasteiger partial charge < -0.3 is 10.1 Å². The molecule has 1 aliphatic heterocycles. The van der Waals surface area contributed by atoms with Gasteiger partial charge in [-0.15, -0.1) is 0 Å². The lowest BCUT2D eigenvalue weighted by Crippen LogP contribution is -2.13. The highest BCUT2D eigenvalue weighted by atomic mass is 35.5. The summed E-state index contributed by atoms with van der Waals surface area (Å²) in [7, 11) is 0. The molecule has 0 amide bonds. The minimum Gasteiger partial charge on any atom is -0.370 e. The van der Waals surface area contributed by atoms with Crippen molar-refractivity contribution in [3.05, 3.63) is 40.8 Å². The Balaban J connectivity index is 1.80. The van der Waals surface area contributed by atoms with E-state index in [0.717, 1.165) is 21.8 Å². The summed E-state index contributed by atoms with van der Waals surface area (Å²) in [5.41, 5.74) is 2.79. The normalized spacial score (nSPS) is 13.5. The number of rotatable bonds is 5. The Morgan fingerprint density at radius 2 is 2.14 bits per heavy atom. The van der Waals surface area contributed by atoms with Crippen LogP contribution in [0.15, 0.2) is 29.2 Å². The first-order valence-electron chi connectivity index (χ1n) is 7.04. The maximum Gasteiger partial charge on any atom is 0.224 e. The lowest BCUT2D eigenvalue weighted by atomic mass is 10.2. The first kappa shape index (κ1) is 15.6. The fraction of sp³-hybridized carbons (Fsp3) is 0.333. The van der Waals surface area contributed by atoms with Gasteiger partial charge in [0, 0.05) is 22.2 Å². The van der Waals surface area contributed by atoms with E-state index in [1.165, 1.54) is 0 Å². The monoisotopic (exact) mass is 336 g/mol. The van der Waals surface area contributed by atoms with Gasteiger partial charge in [0.25, 0.3) is 0 Å². The predicted octanol–water partition coefficient (Wildman–Crippen LogP) is 3.91. The topological polar surface area (TPSA) is 59.1 Å². The van der Waals surface area contributed by atoms with Gasteiger partial charge in [0.05, 0.1) is 18.9 Å². The molecule has 1 aromatic carbocycles. The summed E-state index contributed by atoms with van der Waals surface area (Å²) < 4.78 is 8.75. The molecule has 0 saturated carbocycles. The first-order chi connectivity index (χ1) is 10.6. The number of ether oxygens (including phenoxy) is 1. The van der Waals surface area contributed by atoms with Gasteiger partial charge in [-0.2, -0.15) is 0 Å². The molecule has 5 nitrogen and oxygen atoms in total. The number of benzene rings is 1. The van der Waals surface area contributed by atoms with Gasteiger partial charge in [-0.05, 0) is 55.6 Å². The Kier molecular flexibility index (Phi) is 4.83. The Labute approximate surface area is 139 Å². The van der Waals surface area contributed by atoms with Gasteiger partial charge in [-0.3, -0.25) is 4.72 Å². The van der Waals surface area contributed by atoms with Crippen molar-refractivity contribution in [1.82, 2.24) is 14.7 Å². The van der Waals surface area contributed by atoms with Gasteiger partial charge in [-0.25, -0.2) is 9.97 Å². The summed E-state index contributed by atoms with van der Waals surface area (Å²) in [6, 6.07) is 8.55. The number of halogens is 1. The van der Waals surface area contributed by atoms with Crippen molar-refractivity contribution in [3.8, 4) is 0 Å². The Morgan fingerprint density at radius 1 is 1.27 bits per heavy atom. The fourth-order valence-electron chi connectivity index (χ4n) is 2.08. The van der Waals surface area contributed by atoms with Crippen molar-refractivity contribution < 1.29 is 4.74 Å². The van der Waals surface area contributed by atoms with Crippen LogP contribution >= 0.6 is 23.5 Å². The number of hydrogen-bond donors (Lipinski definition) is 2. The molecule has 0 saturated heterocycles. The van der Waals surface area contributed by atoms with E-state index in [0.29, 0.717) is 25.1 Å². The second-order valence-corrected chi connectivity index (χ2v) is 6.54. The standard InChI is InChI=1S/C15H17ClN4OS/c1-9(2)20-22-11-5-3-4-10(6-11)17-14-12-7-21-8-13(12)18-15(16)19-14/h3-6,9,20H,7-8H2,1-2H3,(H,17,18,19). The summed E-state index contributed by atoms with van der Waals surface area (Å²) in [4.78, 5) is 9.61. The van der Waals surface area contributed by atoms with Gasteiger partial charge in [0.15, 0.2) is 0 Å². The SMILES string of the molecule is CC(C)NSc1cccc(Nc2nc(Cl)nc3c2COC3)c1. The van der Waals surface area contributed by atoms with E-state index in [1.54, 1.807) is 11.9 Å². The summed E-state index contributed by atoms with van der Waals surface area (Å²) in [5.74, 6) is 0.714. The largest absolute Gasteiger partial charge is 0.370 e.